The minimum atomic E-state index is -0.382. The third-order valence-corrected chi connectivity index (χ3v) is 4.46. The van der Waals surface area contributed by atoms with E-state index in [1.54, 1.807) is 6.20 Å². The highest BCUT2D eigenvalue weighted by molar-refractivity contribution is 5.98. The summed E-state index contributed by atoms with van der Waals surface area (Å²) in [6, 6.07) is 25.4. The number of para-hydroxylation sites is 1. The van der Waals surface area contributed by atoms with E-state index in [0.29, 0.717) is 0 Å². The summed E-state index contributed by atoms with van der Waals surface area (Å²) in [5, 5.41) is 0. The van der Waals surface area contributed by atoms with Crippen LogP contribution >= 0.6 is 0 Å². The fourth-order valence-corrected chi connectivity index (χ4v) is 3.20. The Morgan fingerprint density at radius 2 is 1.54 bits per heavy atom. The van der Waals surface area contributed by atoms with Crippen LogP contribution in [0.15, 0.2) is 97.3 Å². The van der Waals surface area contributed by atoms with Gasteiger partial charge in [-0.3, -0.25) is 4.98 Å². The molecule has 0 N–H and O–H groups in total. The van der Waals surface area contributed by atoms with Gasteiger partial charge in [0.15, 0.2) is 0 Å². The van der Waals surface area contributed by atoms with Crippen LogP contribution < -0.4 is 4.90 Å². The number of aldehydes is 1. The Hall–Kier alpha value is -3.46. The summed E-state index contributed by atoms with van der Waals surface area (Å²) in [5.41, 5.74) is 4.83. The Balaban J connectivity index is 1.88. The Labute approximate surface area is 152 Å². The number of rotatable bonds is 4. The van der Waals surface area contributed by atoms with Crippen LogP contribution in [0.25, 0.3) is 11.1 Å². The Morgan fingerprint density at radius 3 is 2.19 bits per heavy atom. The molecule has 0 amide bonds. The van der Waals surface area contributed by atoms with Crippen molar-refractivity contribution in [2.24, 2.45) is 0 Å². The summed E-state index contributed by atoms with van der Waals surface area (Å²) in [5.74, 6) is 0. The third kappa shape index (κ3) is 3.07. The zero-order chi connectivity index (χ0) is 17.8. The number of benzene rings is 2. The van der Waals surface area contributed by atoms with E-state index in [0.717, 1.165) is 34.4 Å². The second-order valence-corrected chi connectivity index (χ2v) is 6.09. The van der Waals surface area contributed by atoms with Crippen molar-refractivity contribution in [2.45, 2.75) is 6.04 Å². The molecule has 2 aromatic carbocycles. The van der Waals surface area contributed by atoms with Gasteiger partial charge in [-0.15, -0.1) is 0 Å². The van der Waals surface area contributed by atoms with Crippen molar-refractivity contribution < 1.29 is 4.79 Å². The largest absolute Gasteiger partial charge is 0.333 e. The van der Waals surface area contributed by atoms with E-state index in [1.807, 2.05) is 90.0 Å². The molecule has 26 heavy (non-hydrogen) atoms. The van der Waals surface area contributed by atoms with Crippen molar-refractivity contribution in [1.29, 1.82) is 0 Å². The molecule has 1 atom stereocenters. The monoisotopic (exact) mass is 338 g/mol. The maximum absolute atomic E-state index is 12.0. The summed E-state index contributed by atoms with van der Waals surface area (Å²) in [7, 11) is 0. The van der Waals surface area contributed by atoms with Crippen molar-refractivity contribution in [1.82, 2.24) is 4.98 Å². The van der Waals surface area contributed by atoms with Gasteiger partial charge < -0.3 is 9.69 Å². The van der Waals surface area contributed by atoms with Gasteiger partial charge in [0.05, 0.1) is 5.69 Å². The minimum Gasteiger partial charge on any atom is -0.333 e. The fraction of sp³-hybridized carbons (Fsp3) is 0.0435. The van der Waals surface area contributed by atoms with E-state index in [-0.39, 0.29) is 6.04 Å². The molecule has 1 unspecified atom stereocenters. The number of hydrogen-bond acceptors (Lipinski definition) is 3. The Kier molecular flexibility index (Phi) is 4.44. The number of carbonyl (C=O) groups excluding carboxylic acids is 1. The van der Waals surface area contributed by atoms with Crippen molar-refractivity contribution in [2.75, 3.05) is 4.90 Å². The van der Waals surface area contributed by atoms with Gasteiger partial charge >= 0.3 is 0 Å². The SMILES string of the molecule is O=CC1C(c2ccccc2)=CC(c2ccccn2)=CN1c1ccccc1. The number of aromatic nitrogens is 1. The highest BCUT2D eigenvalue weighted by Gasteiger charge is 2.27. The first-order chi connectivity index (χ1) is 12.9. The van der Waals surface area contributed by atoms with Gasteiger partial charge in [-0.25, -0.2) is 0 Å². The average molecular weight is 338 g/mol. The molecule has 0 saturated carbocycles. The van der Waals surface area contributed by atoms with Crippen molar-refractivity contribution in [3.8, 4) is 0 Å². The van der Waals surface area contributed by atoms with Gasteiger partial charge in [0.25, 0.3) is 0 Å². The molecule has 0 radical (unpaired) electrons. The van der Waals surface area contributed by atoms with Gasteiger partial charge in [0, 0.05) is 23.7 Å². The molecule has 3 nitrogen and oxygen atoms in total. The molecule has 0 spiro atoms. The van der Waals surface area contributed by atoms with Crippen molar-refractivity contribution >= 4 is 23.1 Å². The first kappa shape index (κ1) is 16.0. The highest BCUT2D eigenvalue weighted by Crippen LogP contribution is 2.34. The highest BCUT2D eigenvalue weighted by atomic mass is 16.1. The minimum absolute atomic E-state index is 0.382. The standard InChI is InChI=1S/C23H18N2O/c26-17-23-21(18-9-3-1-4-10-18)15-19(22-13-7-8-14-24-22)16-25(23)20-11-5-2-6-12-20/h1-17,23H. The van der Waals surface area contributed by atoms with Gasteiger partial charge in [-0.1, -0.05) is 54.6 Å². The fourth-order valence-electron chi connectivity index (χ4n) is 3.20. The lowest BCUT2D eigenvalue weighted by Gasteiger charge is -2.33. The first-order valence-corrected chi connectivity index (χ1v) is 8.56. The zero-order valence-electron chi connectivity index (χ0n) is 14.2. The summed E-state index contributed by atoms with van der Waals surface area (Å²) >= 11 is 0. The molecule has 0 fully saturated rings. The van der Waals surface area contributed by atoms with Gasteiger partial charge in [0.2, 0.25) is 0 Å². The van der Waals surface area contributed by atoms with Crippen LogP contribution in [0.3, 0.4) is 0 Å². The number of allylic oxidation sites excluding steroid dienone is 2. The molecule has 2 heterocycles. The van der Waals surface area contributed by atoms with E-state index in [1.165, 1.54) is 0 Å². The quantitative estimate of drug-likeness (QED) is 0.652. The number of pyridine rings is 1. The molecule has 3 aromatic rings. The molecule has 126 valence electrons. The van der Waals surface area contributed by atoms with Crippen LogP contribution in [0.5, 0.6) is 0 Å². The number of nitrogens with zero attached hydrogens (tertiary/aromatic N) is 2. The van der Waals surface area contributed by atoms with E-state index in [4.69, 9.17) is 0 Å². The van der Waals surface area contributed by atoms with E-state index < -0.39 is 0 Å². The number of hydrogen-bond donors (Lipinski definition) is 0. The molecule has 4 rings (SSSR count). The molecule has 1 aliphatic rings. The van der Waals surface area contributed by atoms with E-state index >= 15 is 0 Å². The molecular weight excluding hydrogens is 320 g/mol. The lowest BCUT2D eigenvalue weighted by Crippen LogP contribution is -2.35. The summed E-state index contributed by atoms with van der Waals surface area (Å²) in [4.78, 5) is 18.5. The predicted molar refractivity (Wildman–Crippen MR) is 105 cm³/mol. The predicted octanol–water partition coefficient (Wildman–Crippen LogP) is 4.59. The van der Waals surface area contributed by atoms with Crippen LogP contribution in [0.4, 0.5) is 5.69 Å². The van der Waals surface area contributed by atoms with Crippen LogP contribution in [0.1, 0.15) is 11.3 Å². The molecule has 0 saturated heterocycles. The van der Waals surface area contributed by atoms with Crippen LogP contribution in [-0.2, 0) is 4.79 Å². The van der Waals surface area contributed by atoms with Crippen LogP contribution in [-0.4, -0.2) is 17.3 Å². The Bertz CT molecular complexity index is 947. The first-order valence-electron chi connectivity index (χ1n) is 8.56. The van der Waals surface area contributed by atoms with E-state index in [2.05, 4.69) is 11.1 Å². The van der Waals surface area contributed by atoms with Crippen LogP contribution in [0.2, 0.25) is 0 Å². The molecule has 0 aliphatic carbocycles. The van der Waals surface area contributed by atoms with Crippen LogP contribution in [0, 0.1) is 0 Å². The molecule has 1 aromatic heterocycles. The van der Waals surface area contributed by atoms with Gasteiger partial charge in [-0.2, -0.15) is 0 Å². The summed E-state index contributed by atoms with van der Waals surface area (Å²) < 4.78 is 0. The molecule has 3 heteroatoms. The molecule has 1 aliphatic heterocycles. The maximum atomic E-state index is 12.0. The smallest absolute Gasteiger partial charge is 0.147 e. The van der Waals surface area contributed by atoms with E-state index in [9.17, 15) is 4.79 Å². The number of carbonyl (C=O) groups is 1. The zero-order valence-corrected chi connectivity index (χ0v) is 14.2. The second kappa shape index (κ2) is 7.19. The summed E-state index contributed by atoms with van der Waals surface area (Å²) in [6.07, 6.45) is 6.85. The molecule has 0 bridgehead atoms. The van der Waals surface area contributed by atoms with Gasteiger partial charge in [-0.05, 0) is 41.5 Å². The van der Waals surface area contributed by atoms with Crippen molar-refractivity contribution in [3.05, 3.63) is 109 Å². The number of anilines is 1. The maximum Gasteiger partial charge on any atom is 0.147 e. The summed E-state index contributed by atoms with van der Waals surface area (Å²) in [6.45, 7) is 0. The van der Waals surface area contributed by atoms with Gasteiger partial charge in [0.1, 0.15) is 12.3 Å². The lowest BCUT2D eigenvalue weighted by molar-refractivity contribution is -0.107. The normalized spacial score (nSPS) is 16.6. The topological polar surface area (TPSA) is 33.2 Å². The second-order valence-electron chi connectivity index (χ2n) is 6.09. The van der Waals surface area contributed by atoms with Crippen molar-refractivity contribution in [3.63, 3.8) is 0 Å². The molecular formula is C23H18N2O. The Morgan fingerprint density at radius 1 is 0.846 bits per heavy atom. The lowest BCUT2D eigenvalue weighted by atomic mass is 9.92. The third-order valence-electron chi connectivity index (χ3n) is 4.46. The average Bonchev–Trinajstić information content (AvgIpc) is 2.74.